The van der Waals surface area contributed by atoms with Gasteiger partial charge < -0.3 is 10.4 Å². The Labute approximate surface area is 172 Å². The van der Waals surface area contributed by atoms with Crippen LogP contribution in [0.15, 0.2) is 79.1 Å². The number of rotatable bonds is 5. The number of carbonyl (C=O) groups excluding carboxylic acids is 1. The molecule has 146 valence electrons. The maximum absolute atomic E-state index is 12.5. The molecular weight excluding hydrogens is 378 g/mol. The fraction of sp³-hybridized carbons (Fsp3) is 0. The number of carbonyl (C=O) groups is 2. The zero-order valence-electron chi connectivity index (χ0n) is 15.8. The molecule has 0 aliphatic rings. The Morgan fingerprint density at radius 2 is 1.47 bits per heavy atom. The van der Waals surface area contributed by atoms with Gasteiger partial charge in [-0.3, -0.25) is 14.8 Å². The number of anilines is 1. The van der Waals surface area contributed by atoms with Crippen molar-refractivity contribution >= 4 is 40.7 Å². The number of hydrogen-bond acceptors (Lipinski definition) is 4. The molecule has 0 bridgehead atoms. The van der Waals surface area contributed by atoms with E-state index in [0.717, 1.165) is 22.2 Å². The molecule has 0 saturated heterocycles. The predicted molar refractivity (Wildman–Crippen MR) is 116 cm³/mol. The Balaban J connectivity index is 1.62. The van der Waals surface area contributed by atoms with E-state index in [1.165, 1.54) is 6.07 Å². The van der Waals surface area contributed by atoms with Crippen molar-refractivity contribution in [2.75, 3.05) is 5.32 Å². The average Bonchev–Trinajstić information content (AvgIpc) is 2.78. The SMILES string of the molecule is O=C(Nc1cc(/C=C/c2ccc3nccnc3c2)ccc1C(=O)O)c1ccccc1. The largest absolute Gasteiger partial charge is 0.478 e. The molecule has 30 heavy (non-hydrogen) atoms. The molecule has 0 unspecified atom stereocenters. The fourth-order valence-corrected chi connectivity index (χ4v) is 3.02. The lowest BCUT2D eigenvalue weighted by Gasteiger charge is -2.10. The van der Waals surface area contributed by atoms with Gasteiger partial charge in [-0.2, -0.15) is 0 Å². The van der Waals surface area contributed by atoms with Gasteiger partial charge in [0, 0.05) is 18.0 Å². The number of amides is 1. The van der Waals surface area contributed by atoms with Gasteiger partial charge in [0.25, 0.3) is 5.91 Å². The second kappa shape index (κ2) is 8.36. The average molecular weight is 395 g/mol. The standard InChI is InChI=1S/C24H17N3O3/c28-23(18-4-2-1-3-5-18)27-21-14-16(8-10-19(21)24(29)30)6-7-17-9-11-20-22(15-17)26-13-12-25-20/h1-15H,(H,27,28)(H,29,30)/b7-6+. The number of nitrogens with one attached hydrogen (secondary N) is 1. The van der Waals surface area contributed by atoms with Gasteiger partial charge in [-0.25, -0.2) is 4.79 Å². The number of benzene rings is 3. The number of nitrogens with zero attached hydrogens (tertiary/aromatic N) is 2. The van der Waals surface area contributed by atoms with Crippen molar-refractivity contribution in [3.8, 4) is 0 Å². The van der Waals surface area contributed by atoms with Crippen molar-refractivity contribution < 1.29 is 14.7 Å². The summed E-state index contributed by atoms with van der Waals surface area (Å²) in [5, 5.41) is 12.2. The highest BCUT2D eigenvalue weighted by Gasteiger charge is 2.14. The molecule has 1 heterocycles. The monoisotopic (exact) mass is 395 g/mol. The van der Waals surface area contributed by atoms with E-state index in [9.17, 15) is 14.7 Å². The highest BCUT2D eigenvalue weighted by Crippen LogP contribution is 2.21. The Morgan fingerprint density at radius 1 is 0.800 bits per heavy atom. The first-order chi connectivity index (χ1) is 14.6. The van der Waals surface area contributed by atoms with Crippen molar-refractivity contribution in [2.24, 2.45) is 0 Å². The topological polar surface area (TPSA) is 92.2 Å². The molecule has 1 amide bonds. The van der Waals surface area contributed by atoms with E-state index in [4.69, 9.17) is 0 Å². The van der Waals surface area contributed by atoms with Crippen LogP contribution in [0.5, 0.6) is 0 Å². The molecule has 0 aliphatic heterocycles. The second-order valence-corrected chi connectivity index (χ2v) is 6.57. The van der Waals surface area contributed by atoms with Crippen LogP contribution < -0.4 is 5.32 Å². The van der Waals surface area contributed by atoms with Crippen molar-refractivity contribution in [1.82, 2.24) is 9.97 Å². The molecule has 0 aliphatic carbocycles. The zero-order valence-corrected chi connectivity index (χ0v) is 15.8. The number of hydrogen-bond donors (Lipinski definition) is 2. The van der Waals surface area contributed by atoms with Gasteiger partial charge >= 0.3 is 5.97 Å². The maximum atomic E-state index is 12.5. The molecule has 1 aromatic heterocycles. The quantitative estimate of drug-likeness (QED) is 0.476. The molecule has 4 rings (SSSR count). The summed E-state index contributed by atoms with van der Waals surface area (Å²) in [6.45, 7) is 0. The van der Waals surface area contributed by atoms with Crippen molar-refractivity contribution in [1.29, 1.82) is 0 Å². The van der Waals surface area contributed by atoms with Crippen LogP contribution in [0, 0.1) is 0 Å². The predicted octanol–water partition coefficient (Wildman–Crippen LogP) is 4.75. The van der Waals surface area contributed by atoms with E-state index in [1.54, 1.807) is 48.8 Å². The first-order valence-corrected chi connectivity index (χ1v) is 9.23. The molecule has 0 fully saturated rings. The molecule has 0 spiro atoms. The minimum Gasteiger partial charge on any atom is -0.478 e. The molecule has 0 radical (unpaired) electrons. The number of aromatic nitrogens is 2. The fourth-order valence-electron chi connectivity index (χ4n) is 3.02. The van der Waals surface area contributed by atoms with E-state index in [0.29, 0.717) is 5.56 Å². The van der Waals surface area contributed by atoms with Crippen LogP contribution in [0.3, 0.4) is 0 Å². The number of carboxylic acid groups (broad SMARTS) is 1. The van der Waals surface area contributed by atoms with Crippen LogP contribution in [-0.4, -0.2) is 27.0 Å². The third kappa shape index (κ3) is 4.23. The van der Waals surface area contributed by atoms with Gasteiger partial charge in [0.2, 0.25) is 0 Å². The van der Waals surface area contributed by atoms with E-state index in [2.05, 4.69) is 15.3 Å². The highest BCUT2D eigenvalue weighted by atomic mass is 16.4. The molecule has 4 aromatic rings. The summed E-state index contributed by atoms with van der Waals surface area (Å²) >= 11 is 0. The summed E-state index contributed by atoms with van der Waals surface area (Å²) in [5.74, 6) is -1.48. The van der Waals surface area contributed by atoms with Crippen LogP contribution in [-0.2, 0) is 0 Å². The third-order valence-electron chi connectivity index (χ3n) is 4.52. The molecule has 6 heteroatoms. The van der Waals surface area contributed by atoms with Gasteiger partial charge in [-0.05, 0) is 47.5 Å². The van der Waals surface area contributed by atoms with Crippen LogP contribution in [0.2, 0.25) is 0 Å². The van der Waals surface area contributed by atoms with Gasteiger partial charge in [0.15, 0.2) is 0 Å². The summed E-state index contributed by atoms with van der Waals surface area (Å²) in [6.07, 6.45) is 7.03. The molecule has 3 aromatic carbocycles. The number of aromatic carboxylic acids is 1. The molecule has 6 nitrogen and oxygen atoms in total. The van der Waals surface area contributed by atoms with Gasteiger partial charge in [0.1, 0.15) is 0 Å². The Bertz CT molecular complexity index is 1270. The zero-order chi connectivity index (χ0) is 20.9. The summed E-state index contributed by atoms with van der Waals surface area (Å²) < 4.78 is 0. The lowest BCUT2D eigenvalue weighted by atomic mass is 10.1. The van der Waals surface area contributed by atoms with Crippen molar-refractivity contribution in [2.45, 2.75) is 0 Å². The highest BCUT2D eigenvalue weighted by molar-refractivity contribution is 6.08. The van der Waals surface area contributed by atoms with E-state index < -0.39 is 5.97 Å². The van der Waals surface area contributed by atoms with Crippen molar-refractivity contribution in [3.05, 3.63) is 101 Å². The summed E-state index contributed by atoms with van der Waals surface area (Å²) in [4.78, 5) is 32.6. The van der Waals surface area contributed by atoms with Crippen LogP contribution >= 0.6 is 0 Å². The number of carboxylic acids is 1. The first kappa shape index (κ1) is 19.0. The minimum absolute atomic E-state index is 0.0254. The van der Waals surface area contributed by atoms with Crippen molar-refractivity contribution in [3.63, 3.8) is 0 Å². The Kier molecular flexibility index (Phi) is 5.30. The lowest BCUT2D eigenvalue weighted by molar-refractivity contribution is 0.0698. The van der Waals surface area contributed by atoms with E-state index in [-0.39, 0.29) is 17.2 Å². The molecular formula is C24H17N3O3. The van der Waals surface area contributed by atoms with Gasteiger partial charge in [-0.1, -0.05) is 42.5 Å². The maximum Gasteiger partial charge on any atom is 0.337 e. The Hall–Kier alpha value is -4.32. The van der Waals surface area contributed by atoms with Crippen LogP contribution in [0.4, 0.5) is 5.69 Å². The summed E-state index contributed by atoms with van der Waals surface area (Å²) in [5.41, 5.74) is 4.00. The normalized spacial score (nSPS) is 10.9. The minimum atomic E-state index is -1.11. The van der Waals surface area contributed by atoms with E-state index in [1.807, 2.05) is 36.4 Å². The molecule has 0 atom stereocenters. The number of fused-ring (bicyclic) bond motifs is 1. The Morgan fingerprint density at radius 3 is 2.20 bits per heavy atom. The molecule has 0 saturated carbocycles. The third-order valence-corrected chi connectivity index (χ3v) is 4.52. The molecule has 2 N–H and O–H groups in total. The smallest absolute Gasteiger partial charge is 0.337 e. The summed E-state index contributed by atoms with van der Waals surface area (Å²) in [7, 11) is 0. The lowest BCUT2D eigenvalue weighted by Crippen LogP contribution is -2.14. The van der Waals surface area contributed by atoms with Crippen LogP contribution in [0.1, 0.15) is 31.8 Å². The van der Waals surface area contributed by atoms with Gasteiger partial charge in [-0.15, -0.1) is 0 Å². The first-order valence-electron chi connectivity index (χ1n) is 9.23. The second-order valence-electron chi connectivity index (χ2n) is 6.57. The van der Waals surface area contributed by atoms with Crippen LogP contribution in [0.25, 0.3) is 23.2 Å². The van der Waals surface area contributed by atoms with Gasteiger partial charge in [0.05, 0.1) is 22.3 Å². The van der Waals surface area contributed by atoms with E-state index >= 15 is 0 Å². The summed E-state index contributed by atoms with van der Waals surface area (Å²) in [6, 6.07) is 19.2.